The zero-order valence-corrected chi connectivity index (χ0v) is 23.1. The molecule has 4 amide bonds. The third-order valence-electron chi connectivity index (χ3n) is 7.92. The molecule has 3 aromatic rings. The highest BCUT2D eigenvalue weighted by Gasteiger charge is 2.61. The second-order valence-electron chi connectivity index (χ2n) is 10.4. The summed E-state index contributed by atoms with van der Waals surface area (Å²) in [5.74, 6) is -0.208. The zero-order valence-electron chi connectivity index (χ0n) is 22.3. The van der Waals surface area contributed by atoms with E-state index in [4.69, 9.17) is 10.5 Å². The summed E-state index contributed by atoms with van der Waals surface area (Å²) in [6, 6.07) is 15.4. The zero-order chi connectivity index (χ0) is 28.9. The summed E-state index contributed by atoms with van der Waals surface area (Å²) in [4.78, 5) is 47.2. The molecule has 6 rings (SSSR count). The molecule has 0 spiro atoms. The minimum Gasteiger partial charge on any atom is -0.457 e. The van der Waals surface area contributed by atoms with E-state index in [0.717, 1.165) is 5.56 Å². The topological polar surface area (TPSA) is 138 Å². The molecule has 41 heavy (non-hydrogen) atoms. The van der Waals surface area contributed by atoms with Crippen LogP contribution in [0.2, 0.25) is 0 Å². The van der Waals surface area contributed by atoms with Gasteiger partial charge in [0.15, 0.2) is 0 Å². The number of carbonyl (C=O) groups excluding carboxylic acids is 3. The van der Waals surface area contributed by atoms with Crippen molar-refractivity contribution in [3.05, 3.63) is 84.6 Å². The van der Waals surface area contributed by atoms with Crippen LogP contribution < -0.4 is 20.7 Å². The number of β-amino-alcohol motifs (C(OH)–C–C–N with tert-alkyl or cyclic N) is 1. The van der Waals surface area contributed by atoms with Crippen LogP contribution in [0.3, 0.4) is 0 Å². The highest BCUT2D eigenvalue weighted by Crippen LogP contribution is 2.60. The molecule has 11 heteroatoms. The third-order valence-corrected chi connectivity index (χ3v) is 9.55. The predicted octanol–water partition coefficient (Wildman–Crippen LogP) is 3.81. The van der Waals surface area contributed by atoms with Crippen LogP contribution in [-0.4, -0.2) is 56.8 Å². The highest BCUT2D eigenvalue weighted by molar-refractivity contribution is 8.01. The highest BCUT2D eigenvalue weighted by atomic mass is 32.2. The van der Waals surface area contributed by atoms with Crippen molar-refractivity contribution < 1.29 is 24.2 Å². The van der Waals surface area contributed by atoms with Crippen LogP contribution in [0, 0.1) is 12.8 Å². The van der Waals surface area contributed by atoms with Crippen LogP contribution in [0.4, 0.5) is 16.2 Å². The maximum atomic E-state index is 13.8. The number of likely N-dealkylation sites (tertiary alicyclic amines) is 1. The minimum absolute atomic E-state index is 0.130. The van der Waals surface area contributed by atoms with E-state index in [9.17, 15) is 19.5 Å². The number of aliphatic hydroxyl groups is 1. The molecule has 1 fully saturated rings. The number of hydrogen-bond acceptors (Lipinski definition) is 7. The lowest BCUT2D eigenvalue weighted by Crippen LogP contribution is -2.62. The summed E-state index contributed by atoms with van der Waals surface area (Å²) in [6.07, 6.45) is 2.16. The van der Waals surface area contributed by atoms with Crippen molar-refractivity contribution in [2.45, 2.75) is 35.3 Å². The number of primary amides is 1. The Morgan fingerprint density at radius 2 is 1.95 bits per heavy atom. The number of pyridine rings is 1. The van der Waals surface area contributed by atoms with Gasteiger partial charge in [0, 0.05) is 30.8 Å². The molecule has 3 aliphatic heterocycles. The van der Waals surface area contributed by atoms with Gasteiger partial charge in [-0.25, -0.2) is 9.78 Å². The fourth-order valence-corrected chi connectivity index (χ4v) is 7.61. The lowest BCUT2D eigenvalue weighted by molar-refractivity contribution is -0.133. The van der Waals surface area contributed by atoms with E-state index in [0.29, 0.717) is 33.5 Å². The molecule has 0 saturated carbocycles. The van der Waals surface area contributed by atoms with Crippen molar-refractivity contribution in [2.24, 2.45) is 11.7 Å². The number of para-hydroxylation sites is 1. The molecule has 3 aliphatic rings. The van der Waals surface area contributed by atoms with Crippen molar-refractivity contribution >= 4 is 41.0 Å². The van der Waals surface area contributed by atoms with E-state index in [1.54, 1.807) is 23.2 Å². The summed E-state index contributed by atoms with van der Waals surface area (Å²) < 4.78 is 4.60. The number of ether oxygens (including phenoxy) is 1. The number of aromatic nitrogens is 1. The number of hydrogen-bond donors (Lipinski definition) is 3. The van der Waals surface area contributed by atoms with Gasteiger partial charge in [0.05, 0.1) is 23.5 Å². The number of urea groups is 1. The average Bonchev–Trinajstić information content (AvgIpc) is 3.30. The van der Waals surface area contributed by atoms with Crippen LogP contribution in [-0.2, 0) is 9.59 Å². The van der Waals surface area contributed by atoms with Crippen molar-refractivity contribution in [3.8, 4) is 11.5 Å². The second kappa shape index (κ2) is 10.2. The molecule has 10 nitrogen and oxygen atoms in total. The average molecular weight is 572 g/mol. The van der Waals surface area contributed by atoms with E-state index in [-0.39, 0.29) is 25.4 Å². The predicted molar refractivity (Wildman–Crippen MR) is 154 cm³/mol. The number of benzene rings is 2. The first-order chi connectivity index (χ1) is 19.7. The van der Waals surface area contributed by atoms with Gasteiger partial charge in [-0.05, 0) is 61.4 Å². The van der Waals surface area contributed by atoms with Gasteiger partial charge >= 0.3 is 6.03 Å². The van der Waals surface area contributed by atoms with Crippen LogP contribution in [0.1, 0.15) is 23.6 Å². The van der Waals surface area contributed by atoms with Crippen LogP contribution in [0.15, 0.2) is 78.5 Å². The van der Waals surface area contributed by atoms with Crippen molar-refractivity contribution in [2.75, 3.05) is 18.0 Å². The first kappa shape index (κ1) is 26.9. The first-order valence-corrected chi connectivity index (χ1v) is 14.1. The van der Waals surface area contributed by atoms with Gasteiger partial charge < -0.3 is 25.8 Å². The lowest BCUT2D eigenvalue weighted by atomic mass is 9.76. The van der Waals surface area contributed by atoms with E-state index >= 15 is 0 Å². The summed E-state index contributed by atoms with van der Waals surface area (Å²) >= 11 is 1.19. The Morgan fingerprint density at radius 3 is 2.66 bits per heavy atom. The fourth-order valence-electron chi connectivity index (χ4n) is 6.11. The smallest absolute Gasteiger partial charge is 0.327 e. The summed E-state index contributed by atoms with van der Waals surface area (Å²) in [5.41, 5.74) is 8.83. The van der Waals surface area contributed by atoms with E-state index in [2.05, 4.69) is 16.9 Å². The number of nitrogens with zero attached hydrogens (tertiary/aromatic N) is 3. The quantitative estimate of drug-likeness (QED) is 0.383. The number of piperidine rings is 1. The van der Waals surface area contributed by atoms with Gasteiger partial charge in [0.2, 0.25) is 11.8 Å². The largest absolute Gasteiger partial charge is 0.457 e. The molecule has 1 aromatic heterocycles. The number of rotatable bonds is 6. The third kappa shape index (κ3) is 4.41. The SMILES string of the molecule is C=CC(=O)N1C[C@@H](O)C[C@@H](C2(C(N)=O)Sc3nccc4c3C2NC(=O)N4c2ccc(Oc3ccccc3)cc2C)C1. The molecule has 2 unspecified atom stereocenters. The molecule has 210 valence electrons. The van der Waals surface area contributed by atoms with E-state index in [1.165, 1.54) is 22.7 Å². The molecular formula is C30H29N5O5S. The number of aryl methyl sites for hydroxylation is 1. The lowest BCUT2D eigenvalue weighted by Gasteiger charge is -2.46. The Bertz CT molecular complexity index is 1570. The molecule has 1 saturated heterocycles. The maximum Gasteiger partial charge on any atom is 0.327 e. The van der Waals surface area contributed by atoms with Crippen molar-refractivity contribution in [3.63, 3.8) is 0 Å². The minimum atomic E-state index is -1.36. The van der Waals surface area contributed by atoms with Crippen molar-refractivity contribution in [1.29, 1.82) is 0 Å². The second-order valence-corrected chi connectivity index (χ2v) is 11.7. The van der Waals surface area contributed by atoms with Crippen LogP contribution in [0.5, 0.6) is 11.5 Å². The van der Waals surface area contributed by atoms with E-state index in [1.807, 2.05) is 49.4 Å². The number of carbonyl (C=O) groups is 3. The maximum absolute atomic E-state index is 13.8. The Hall–Kier alpha value is -4.35. The molecule has 2 aromatic carbocycles. The molecule has 0 aliphatic carbocycles. The molecule has 0 radical (unpaired) electrons. The Balaban J connectivity index is 1.38. The Labute approximate surface area is 241 Å². The van der Waals surface area contributed by atoms with Gasteiger partial charge in [-0.3, -0.25) is 14.5 Å². The molecular weight excluding hydrogens is 542 g/mol. The van der Waals surface area contributed by atoms with Crippen molar-refractivity contribution in [1.82, 2.24) is 15.2 Å². The number of thioether (sulfide) groups is 1. The summed E-state index contributed by atoms with van der Waals surface area (Å²) in [5, 5.41) is 14.3. The van der Waals surface area contributed by atoms with Gasteiger partial charge in [0.25, 0.3) is 0 Å². The Morgan fingerprint density at radius 1 is 1.17 bits per heavy atom. The first-order valence-electron chi connectivity index (χ1n) is 13.2. The summed E-state index contributed by atoms with van der Waals surface area (Å²) in [6.45, 7) is 5.75. The number of nitrogens with two attached hydrogens (primary N) is 1. The molecule has 4 heterocycles. The fraction of sp³-hybridized carbons (Fsp3) is 0.267. The summed E-state index contributed by atoms with van der Waals surface area (Å²) in [7, 11) is 0. The van der Waals surface area contributed by atoms with E-state index < -0.39 is 34.7 Å². The Kier molecular flexibility index (Phi) is 6.71. The van der Waals surface area contributed by atoms with Crippen LogP contribution >= 0.6 is 11.8 Å². The van der Waals surface area contributed by atoms with Gasteiger partial charge in [0.1, 0.15) is 21.3 Å². The molecule has 4 atom stereocenters. The normalized spacial score (nSPS) is 24.8. The molecule has 0 bridgehead atoms. The standard InChI is InChI=1S/C30H29N5O5S/c1-3-24(37)34-15-18(14-19(36)16-34)30(28(31)38)26-25-23(11-12-32-27(25)41-30)35(29(39)33-26)22-10-9-21(13-17(22)2)40-20-7-5-4-6-8-20/h3-13,18-19,26,36H,1,14-16H2,2H3,(H2,31,38)(H,33,39)/t18-,19+,26?,30?/m1/s1. The molecule has 4 N–H and O–H groups in total. The number of amides is 4. The van der Waals surface area contributed by atoms with Gasteiger partial charge in [-0.15, -0.1) is 0 Å². The van der Waals surface area contributed by atoms with Crippen LogP contribution in [0.25, 0.3) is 0 Å². The number of nitrogens with one attached hydrogen (secondary N) is 1. The van der Waals surface area contributed by atoms with Gasteiger partial charge in [-0.2, -0.15) is 0 Å². The number of aliphatic hydroxyl groups excluding tert-OH is 1. The monoisotopic (exact) mass is 571 g/mol. The number of anilines is 2. The van der Waals surface area contributed by atoms with Gasteiger partial charge in [-0.1, -0.05) is 36.5 Å².